The summed E-state index contributed by atoms with van der Waals surface area (Å²) in [7, 11) is 0. The zero-order chi connectivity index (χ0) is 13.0. The molecular formula is C14H21ClN2O. The second-order valence-corrected chi connectivity index (χ2v) is 5.49. The van der Waals surface area contributed by atoms with Crippen molar-refractivity contribution in [2.24, 2.45) is 5.92 Å². The van der Waals surface area contributed by atoms with Crippen LogP contribution in [0, 0.1) is 5.92 Å². The average Bonchev–Trinajstić information content (AvgIpc) is 2.40. The topological polar surface area (TPSA) is 26.7 Å². The number of aliphatic hydroxyl groups excluding tert-OH is 1. The first-order valence-corrected chi connectivity index (χ1v) is 6.90. The molecule has 18 heavy (non-hydrogen) atoms. The van der Waals surface area contributed by atoms with Crippen LogP contribution >= 0.6 is 11.6 Å². The van der Waals surface area contributed by atoms with Gasteiger partial charge in [0.1, 0.15) is 0 Å². The summed E-state index contributed by atoms with van der Waals surface area (Å²) >= 11 is 5.90. The van der Waals surface area contributed by atoms with Gasteiger partial charge in [0.25, 0.3) is 0 Å². The first-order chi connectivity index (χ1) is 8.69. The fourth-order valence-corrected chi connectivity index (χ4v) is 2.47. The zero-order valence-corrected chi connectivity index (χ0v) is 11.6. The summed E-state index contributed by atoms with van der Waals surface area (Å²) in [4.78, 5) is 4.81. The summed E-state index contributed by atoms with van der Waals surface area (Å²) in [5.74, 6) is 0.368. The lowest BCUT2D eigenvalue weighted by atomic mass is 10.1. The van der Waals surface area contributed by atoms with Crippen molar-refractivity contribution in [1.82, 2.24) is 4.90 Å². The molecule has 2 rings (SSSR count). The number of nitrogens with zero attached hydrogens (tertiary/aromatic N) is 2. The third-order valence-corrected chi connectivity index (χ3v) is 3.70. The number of piperazine rings is 1. The van der Waals surface area contributed by atoms with E-state index in [1.54, 1.807) is 0 Å². The van der Waals surface area contributed by atoms with E-state index in [-0.39, 0.29) is 6.61 Å². The van der Waals surface area contributed by atoms with Gasteiger partial charge in [-0.3, -0.25) is 4.90 Å². The maximum Gasteiger partial charge on any atom is 0.0468 e. The Bertz CT molecular complexity index is 361. The molecule has 1 unspecified atom stereocenters. The minimum atomic E-state index is 0.275. The van der Waals surface area contributed by atoms with Gasteiger partial charge >= 0.3 is 0 Å². The fraction of sp³-hybridized carbons (Fsp3) is 0.571. The number of aliphatic hydroxyl groups is 1. The van der Waals surface area contributed by atoms with E-state index >= 15 is 0 Å². The van der Waals surface area contributed by atoms with Crippen LogP contribution in [-0.4, -0.2) is 49.3 Å². The molecule has 1 fully saturated rings. The molecule has 0 bridgehead atoms. The number of hydrogen-bond donors (Lipinski definition) is 1. The van der Waals surface area contributed by atoms with E-state index in [0.717, 1.165) is 37.7 Å². The van der Waals surface area contributed by atoms with Gasteiger partial charge in [-0.05, 0) is 30.2 Å². The number of anilines is 1. The van der Waals surface area contributed by atoms with Gasteiger partial charge in [-0.1, -0.05) is 18.5 Å². The standard InChI is InChI=1S/C14H21ClN2O/c1-12(11-18)10-16-6-8-17(9-7-16)14-4-2-13(15)3-5-14/h2-5,12,18H,6-11H2,1H3. The van der Waals surface area contributed by atoms with Gasteiger partial charge < -0.3 is 10.0 Å². The van der Waals surface area contributed by atoms with Crippen LogP contribution in [0.5, 0.6) is 0 Å². The van der Waals surface area contributed by atoms with Gasteiger partial charge in [-0.25, -0.2) is 0 Å². The maximum absolute atomic E-state index is 9.07. The molecule has 100 valence electrons. The lowest BCUT2D eigenvalue weighted by Gasteiger charge is -2.37. The van der Waals surface area contributed by atoms with Crippen molar-refractivity contribution >= 4 is 17.3 Å². The summed E-state index contributed by atoms with van der Waals surface area (Å²) in [6.45, 7) is 7.56. The van der Waals surface area contributed by atoms with Crippen LogP contribution < -0.4 is 4.90 Å². The third kappa shape index (κ3) is 3.61. The molecule has 1 aliphatic heterocycles. The lowest BCUT2D eigenvalue weighted by Crippen LogP contribution is -2.47. The zero-order valence-electron chi connectivity index (χ0n) is 10.8. The Labute approximate surface area is 114 Å². The van der Waals surface area contributed by atoms with Crippen LogP contribution in [0.3, 0.4) is 0 Å². The molecule has 0 radical (unpaired) electrons. The largest absolute Gasteiger partial charge is 0.396 e. The van der Waals surface area contributed by atoms with E-state index in [1.165, 1.54) is 5.69 Å². The number of benzene rings is 1. The molecule has 1 aromatic rings. The Morgan fingerprint density at radius 2 is 1.78 bits per heavy atom. The van der Waals surface area contributed by atoms with Gasteiger partial charge in [0.05, 0.1) is 0 Å². The van der Waals surface area contributed by atoms with Crippen molar-refractivity contribution in [3.63, 3.8) is 0 Å². The van der Waals surface area contributed by atoms with E-state index in [1.807, 2.05) is 12.1 Å². The highest BCUT2D eigenvalue weighted by molar-refractivity contribution is 6.30. The van der Waals surface area contributed by atoms with Crippen molar-refractivity contribution in [3.05, 3.63) is 29.3 Å². The van der Waals surface area contributed by atoms with Crippen molar-refractivity contribution < 1.29 is 5.11 Å². The predicted molar refractivity (Wildman–Crippen MR) is 76.4 cm³/mol. The Hall–Kier alpha value is -0.770. The highest BCUT2D eigenvalue weighted by Gasteiger charge is 2.18. The van der Waals surface area contributed by atoms with Crippen LogP contribution in [-0.2, 0) is 0 Å². The smallest absolute Gasteiger partial charge is 0.0468 e. The minimum Gasteiger partial charge on any atom is -0.396 e. The van der Waals surface area contributed by atoms with E-state index in [4.69, 9.17) is 16.7 Å². The summed E-state index contributed by atoms with van der Waals surface area (Å²) in [5.41, 5.74) is 1.24. The van der Waals surface area contributed by atoms with Gasteiger partial charge in [0.2, 0.25) is 0 Å². The monoisotopic (exact) mass is 268 g/mol. The quantitative estimate of drug-likeness (QED) is 0.906. The SMILES string of the molecule is CC(CO)CN1CCN(c2ccc(Cl)cc2)CC1. The molecule has 1 heterocycles. The van der Waals surface area contributed by atoms with Gasteiger partial charge in [0, 0.05) is 50.0 Å². The van der Waals surface area contributed by atoms with E-state index in [0.29, 0.717) is 5.92 Å². The Morgan fingerprint density at radius 3 is 2.33 bits per heavy atom. The first kappa shape index (κ1) is 13.7. The molecule has 1 N–H and O–H groups in total. The highest BCUT2D eigenvalue weighted by atomic mass is 35.5. The van der Waals surface area contributed by atoms with Crippen molar-refractivity contribution in [2.45, 2.75) is 6.92 Å². The summed E-state index contributed by atoms with van der Waals surface area (Å²) in [6.07, 6.45) is 0. The maximum atomic E-state index is 9.07. The average molecular weight is 269 g/mol. The van der Waals surface area contributed by atoms with Crippen molar-refractivity contribution in [3.8, 4) is 0 Å². The van der Waals surface area contributed by atoms with Crippen LogP contribution in [0.1, 0.15) is 6.92 Å². The molecule has 4 heteroatoms. The summed E-state index contributed by atoms with van der Waals surface area (Å²) < 4.78 is 0. The Morgan fingerprint density at radius 1 is 1.17 bits per heavy atom. The van der Waals surface area contributed by atoms with Gasteiger partial charge in [-0.2, -0.15) is 0 Å². The molecule has 0 aromatic heterocycles. The van der Waals surface area contributed by atoms with Crippen LogP contribution in [0.2, 0.25) is 5.02 Å². The molecule has 1 saturated heterocycles. The van der Waals surface area contributed by atoms with Crippen LogP contribution in [0.4, 0.5) is 5.69 Å². The molecule has 3 nitrogen and oxygen atoms in total. The molecule has 0 spiro atoms. The normalized spacial score (nSPS) is 18.9. The lowest BCUT2D eigenvalue weighted by molar-refractivity contribution is 0.167. The molecular weight excluding hydrogens is 248 g/mol. The van der Waals surface area contributed by atoms with Gasteiger partial charge in [0.15, 0.2) is 0 Å². The van der Waals surface area contributed by atoms with E-state index in [9.17, 15) is 0 Å². The van der Waals surface area contributed by atoms with E-state index in [2.05, 4.69) is 28.9 Å². The second kappa shape index (κ2) is 6.41. The minimum absolute atomic E-state index is 0.275. The molecule has 1 aromatic carbocycles. The van der Waals surface area contributed by atoms with Crippen LogP contribution in [0.25, 0.3) is 0 Å². The third-order valence-electron chi connectivity index (χ3n) is 3.45. The first-order valence-electron chi connectivity index (χ1n) is 6.53. The van der Waals surface area contributed by atoms with E-state index < -0.39 is 0 Å². The van der Waals surface area contributed by atoms with Crippen molar-refractivity contribution in [1.29, 1.82) is 0 Å². The number of hydrogen-bond acceptors (Lipinski definition) is 3. The molecule has 0 amide bonds. The molecule has 0 saturated carbocycles. The molecule has 1 aliphatic rings. The summed E-state index contributed by atoms with van der Waals surface area (Å²) in [5, 5.41) is 9.86. The fourth-order valence-electron chi connectivity index (χ4n) is 2.34. The Balaban J connectivity index is 1.84. The summed E-state index contributed by atoms with van der Waals surface area (Å²) in [6, 6.07) is 8.04. The van der Waals surface area contributed by atoms with Crippen LogP contribution in [0.15, 0.2) is 24.3 Å². The molecule has 1 atom stereocenters. The second-order valence-electron chi connectivity index (χ2n) is 5.05. The number of halogens is 1. The van der Waals surface area contributed by atoms with Gasteiger partial charge in [-0.15, -0.1) is 0 Å². The van der Waals surface area contributed by atoms with Crippen molar-refractivity contribution in [2.75, 3.05) is 44.2 Å². The Kier molecular flexibility index (Phi) is 4.87. The predicted octanol–water partition coefficient (Wildman–Crippen LogP) is 2.09. The molecule has 0 aliphatic carbocycles. The number of rotatable bonds is 4. The highest BCUT2D eigenvalue weighted by Crippen LogP contribution is 2.19.